The van der Waals surface area contributed by atoms with Crippen molar-refractivity contribution >= 4 is 34.0 Å². The molecule has 0 spiro atoms. The molecule has 4 nitrogen and oxygen atoms in total. The van der Waals surface area contributed by atoms with E-state index in [9.17, 15) is 4.79 Å². The Balaban J connectivity index is 1.57. The maximum Gasteiger partial charge on any atom is 0.226 e. The number of rotatable bonds is 5. The van der Waals surface area contributed by atoms with Crippen molar-refractivity contribution in [1.82, 2.24) is 4.98 Å². The molecule has 1 aliphatic carbocycles. The summed E-state index contributed by atoms with van der Waals surface area (Å²) in [6.45, 7) is 0. The van der Waals surface area contributed by atoms with Crippen LogP contribution in [0, 0.1) is 5.92 Å². The zero-order valence-electron chi connectivity index (χ0n) is 12.8. The zero-order valence-corrected chi connectivity index (χ0v) is 14.4. The Bertz CT molecular complexity index is 688. The van der Waals surface area contributed by atoms with Gasteiger partial charge in [0.1, 0.15) is 0 Å². The van der Waals surface area contributed by atoms with Crippen LogP contribution in [0.3, 0.4) is 0 Å². The molecule has 2 atom stereocenters. The summed E-state index contributed by atoms with van der Waals surface area (Å²) in [6, 6.07) is 7.92. The molecule has 0 saturated heterocycles. The van der Waals surface area contributed by atoms with E-state index >= 15 is 0 Å². The van der Waals surface area contributed by atoms with Gasteiger partial charge in [0.15, 0.2) is 5.13 Å². The van der Waals surface area contributed by atoms with Gasteiger partial charge in [0, 0.05) is 35.0 Å². The third-order valence-corrected chi connectivity index (χ3v) is 5.57. The lowest BCUT2D eigenvalue weighted by Crippen LogP contribution is -2.28. The molecule has 0 aliphatic heterocycles. The highest BCUT2D eigenvalue weighted by molar-refractivity contribution is 7.15. The molecule has 1 aliphatic rings. The minimum atomic E-state index is 0.00555. The maximum absolute atomic E-state index is 12.1. The molecule has 1 amide bonds. The van der Waals surface area contributed by atoms with Crippen LogP contribution in [-0.2, 0) is 11.2 Å². The van der Waals surface area contributed by atoms with Crippen molar-refractivity contribution in [3.8, 4) is 0 Å². The number of halogens is 1. The number of anilines is 1. The predicted octanol–water partition coefficient (Wildman–Crippen LogP) is 3.84. The van der Waals surface area contributed by atoms with Crippen LogP contribution in [-0.4, -0.2) is 16.9 Å². The molecule has 1 aromatic carbocycles. The maximum atomic E-state index is 12.1. The Hall–Kier alpha value is -1.43. The largest absolute Gasteiger partial charge is 0.327 e. The minimum Gasteiger partial charge on any atom is -0.327 e. The van der Waals surface area contributed by atoms with Crippen molar-refractivity contribution in [2.75, 3.05) is 5.32 Å². The average molecular weight is 350 g/mol. The van der Waals surface area contributed by atoms with Gasteiger partial charge in [-0.15, -0.1) is 11.3 Å². The molecular formula is C17H20ClN3OS. The Kier molecular flexibility index (Phi) is 5.30. The number of nitrogens with one attached hydrogen (secondary N) is 1. The van der Waals surface area contributed by atoms with Crippen LogP contribution in [0.15, 0.2) is 30.5 Å². The van der Waals surface area contributed by atoms with E-state index in [0.717, 1.165) is 41.1 Å². The van der Waals surface area contributed by atoms with E-state index in [1.165, 1.54) is 11.3 Å². The fourth-order valence-corrected chi connectivity index (χ4v) is 4.06. The van der Waals surface area contributed by atoms with E-state index in [2.05, 4.69) is 10.3 Å². The summed E-state index contributed by atoms with van der Waals surface area (Å²) in [5.41, 5.74) is 7.08. The first-order chi connectivity index (χ1) is 11.1. The quantitative estimate of drug-likeness (QED) is 0.861. The van der Waals surface area contributed by atoms with Gasteiger partial charge in [-0.1, -0.05) is 36.2 Å². The van der Waals surface area contributed by atoms with E-state index in [4.69, 9.17) is 17.3 Å². The molecule has 1 heterocycles. The molecule has 0 bridgehead atoms. The lowest BCUT2D eigenvalue weighted by molar-refractivity contribution is -0.117. The molecular weight excluding hydrogens is 330 g/mol. The van der Waals surface area contributed by atoms with Gasteiger partial charge in [0.25, 0.3) is 0 Å². The molecule has 23 heavy (non-hydrogen) atoms. The minimum absolute atomic E-state index is 0.00555. The second kappa shape index (κ2) is 7.43. The number of aromatic nitrogens is 1. The number of thiazole rings is 1. The third-order valence-electron chi connectivity index (χ3n) is 4.29. The van der Waals surface area contributed by atoms with Gasteiger partial charge in [0.05, 0.1) is 0 Å². The lowest BCUT2D eigenvalue weighted by Gasteiger charge is -2.13. The molecule has 2 aromatic rings. The molecule has 122 valence electrons. The second-order valence-electron chi connectivity index (χ2n) is 6.01. The van der Waals surface area contributed by atoms with Crippen LogP contribution in [0.2, 0.25) is 5.02 Å². The molecule has 6 heteroatoms. The predicted molar refractivity (Wildman–Crippen MR) is 94.9 cm³/mol. The Morgan fingerprint density at radius 1 is 1.39 bits per heavy atom. The van der Waals surface area contributed by atoms with Gasteiger partial charge in [-0.2, -0.15) is 0 Å². The normalized spacial score (nSPS) is 20.6. The van der Waals surface area contributed by atoms with Crippen LogP contribution < -0.4 is 11.1 Å². The van der Waals surface area contributed by atoms with Gasteiger partial charge in [-0.3, -0.25) is 4.79 Å². The van der Waals surface area contributed by atoms with Crippen molar-refractivity contribution in [3.63, 3.8) is 0 Å². The highest BCUT2D eigenvalue weighted by Gasteiger charge is 2.26. The number of carbonyl (C=O) groups is 1. The van der Waals surface area contributed by atoms with Gasteiger partial charge in [-0.25, -0.2) is 4.98 Å². The molecule has 1 aromatic heterocycles. The summed E-state index contributed by atoms with van der Waals surface area (Å²) >= 11 is 7.67. The number of hydrogen-bond acceptors (Lipinski definition) is 4. The molecule has 0 radical (unpaired) electrons. The fraction of sp³-hybridized carbons (Fsp3) is 0.412. The van der Waals surface area contributed by atoms with Crippen molar-refractivity contribution < 1.29 is 4.79 Å². The number of carbonyl (C=O) groups excluding carboxylic acids is 1. The van der Waals surface area contributed by atoms with Crippen molar-refractivity contribution in [3.05, 3.63) is 45.9 Å². The van der Waals surface area contributed by atoms with Crippen LogP contribution in [0.1, 0.15) is 36.1 Å². The molecule has 0 unspecified atom stereocenters. The average Bonchev–Trinajstić information content (AvgIpc) is 3.11. The number of hydrogen-bond donors (Lipinski definition) is 2. The first kappa shape index (κ1) is 16.4. The van der Waals surface area contributed by atoms with Crippen molar-refractivity contribution in [2.24, 2.45) is 11.7 Å². The molecule has 3 rings (SSSR count). The first-order valence-electron chi connectivity index (χ1n) is 7.85. The summed E-state index contributed by atoms with van der Waals surface area (Å²) in [4.78, 5) is 17.5. The summed E-state index contributed by atoms with van der Waals surface area (Å²) in [7, 11) is 0. The van der Waals surface area contributed by atoms with E-state index in [0.29, 0.717) is 17.5 Å². The van der Waals surface area contributed by atoms with Gasteiger partial charge < -0.3 is 11.1 Å². The molecule has 1 saturated carbocycles. The monoisotopic (exact) mass is 349 g/mol. The first-order valence-corrected chi connectivity index (χ1v) is 9.05. The number of nitrogens with two attached hydrogens (primary N) is 1. The summed E-state index contributed by atoms with van der Waals surface area (Å²) in [6.07, 6.45) is 6.20. The summed E-state index contributed by atoms with van der Waals surface area (Å²) < 4.78 is 0. The fourth-order valence-electron chi connectivity index (χ4n) is 3.00. The topological polar surface area (TPSA) is 68.0 Å². The standard InChI is InChI=1S/C17H20ClN3OS/c18-14-6-2-1-4-11(14)8-13-10-20-17(23-13)21-16(22)9-12-5-3-7-15(12)19/h1-2,4,6,10,12,15H,3,5,7-9,19H2,(H,20,21,22)/t12-,15+/m0/s1. The Morgan fingerprint density at radius 2 is 2.22 bits per heavy atom. The van der Waals surface area contributed by atoms with Crippen LogP contribution >= 0.6 is 22.9 Å². The van der Waals surface area contributed by atoms with Gasteiger partial charge in [-0.05, 0) is 30.4 Å². The van der Waals surface area contributed by atoms with Crippen LogP contribution in [0.4, 0.5) is 5.13 Å². The Morgan fingerprint density at radius 3 is 2.96 bits per heavy atom. The van der Waals surface area contributed by atoms with Crippen molar-refractivity contribution in [2.45, 2.75) is 38.1 Å². The summed E-state index contributed by atoms with van der Waals surface area (Å²) in [5, 5.41) is 4.28. The van der Waals surface area contributed by atoms with E-state index < -0.39 is 0 Å². The van der Waals surface area contributed by atoms with Crippen molar-refractivity contribution in [1.29, 1.82) is 0 Å². The third kappa shape index (κ3) is 4.31. The molecule has 1 fully saturated rings. The molecule has 3 N–H and O–H groups in total. The van der Waals surface area contributed by atoms with E-state index in [-0.39, 0.29) is 11.9 Å². The smallest absolute Gasteiger partial charge is 0.226 e. The van der Waals surface area contributed by atoms with Gasteiger partial charge >= 0.3 is 0 Å². The number of nitrogens with zero attached hydrogens (tertiary/aromatic N) is 1. The second-order valence-corrected chi connectivity index (χ2v) is 7.53. The van der Waals surface area contributed by atoms with Crippen LogP contribution in [0.25, 0.3) is 0 Å². The Labute approximate surface area is 145 Å². The van der Waals surface area contributed by atoms with E-state index in [1.54, 1.807) is 6.20 Å². The SMILES string of the molecule is N[C@@H]1CCC[C@H]1CC(=O)Nc1ncc(Cc2ccccc2Cl)s1. The highest BCUT2D eigenvalue weighted by Crippen LogP contribution is 2.28. The zero-order chi connectivity index (χ0) is 16.2. The van der Waals surface area contributed by atoms with E-state index in [1.807, 2.05) is 24.3 Å². The highest BCUT2D eigenvalue weighted by atomic mass is 35.5. The van der Waals surface area contributed by atoms with Crippen LogP contribution in [0.5, 0.6) is 0 Å². The summed E-state index contributed by atoms with van der Waals surface area (Å²) in [5.74, 6) is 0.309. The number of benzene rings is 1. The van der Waals surface area contributed by atoms with Gasteiger partial charge in [0.2, 0.25) is 5.91 Å². The lowest BCUT2D eigenvalue weighted by atomic mass is 10.00. The number of amides is 1.